The van der Waals surface area contributed by atoms with Crippen molar-refractivity contribution in [2.24, 2.45) is 0 Å². The van der Waals surface area contributed by atoms with Crippen LogP contribution in [0.15, 0.2) is 6.07 Å². The molecule has 4 heterocycles. The molecule has 3 aliphatic heterocycles. The van der Waals surface area contributed by atoms with Gasteiger partial charge in [-0.2, -0.15) is 0 Å². The second-order valence-electron chi connectivity index (χ2n) is 7.30. The van der Waals surface area contributed by atoms with E-state index < -0.39 is 29.6 Å². The van der Waals surface area contributed by atoms with Crippen LogP contribution in [0.1, 0.15) is 45.8 Å². The quantitative estimate of drug-likeness (QED) is 0.635. The number of hydrogen-bond donors (Lipinski definition) is 3. The van der Waals surface area contributed by atoms with Crippen molar-refractivity contribution in [2.75, 3.05) is 19.7 Å². The highest BCUT2D eigenvalue weighted by molar-refractivity contribution is 7.14. The van der Waals surface area contributed by atoms with Crippen LogP contribution in [-0.4, -0.2) is 59.6 Å². The maximum atomic E-state index is 12.5. The summed E-state index contributed by atoms with van der Waals surface area (Å²) in [4.78, 5) is 49.6. The van der Waals surface area contributed by atoms with Gasteiger partial charge in [0.05, 0.1) is 6.61 Å². The van der Waals surface area contributed by atoms with E-state index >= 15 is 0 Å². The van der Waals surface area contributed by atoms with E-state index in [9.17, 15) is 24.3 Å². The number of ether oxygens (including phenoxy) is 1. The summed E-state index contributed by atoms with van der Waals surface area (Å²) < 4.78 is 6.10. The van der Waals surface area contributed by atoms with Gasteiger partial charge in [-0.15, -0.1) is 11.3 Å². The van der Waals surface area contributed by atoms with Crippen molar-refractivity contribution in [1.29, 1.82) is 0 Å². The van der Waals surface area contributed by atoms with Crippen LogP contribution in [0.5, 0.6) is 0 Å². The van der Waals surface area contributed by atoms with Gasteiger partial charge in [0, 0.05) is 24.4 Å². The van der Waals surface area contributed by atoms with Crippen LogP contribution in [0, 0.1) is 0 Å². The molecule has 10 heteroatoms. The van der Waals surface area contributed by atoms with Gasteiger partial charge in [-0.1, -0.05) is 0 Å². The molecule has 0 unspecified atom stereocenters. The third-order valence-electron chi connectivity index (χ3n) is 5.61. The second kappa shape index (κ2) is 7.17. The van der Waals surface area contributed by atoms with E-state index in [0.29, 0.717) is 43.8 Å². The van der Waals surface area contributed by atoms with Crippen LogP contribution in [-0.2, 0) is 26.3 Å². The fourth-order valence-corrected chi connectivity index (χ4v) is 5.35. The van der Waals surface area contributed by atoms with Crippen LogP contribution in [0.2, 0.25) is 0 Å². The first-order valence-corrected chi connectivity index (χ1v) is 10.1. The van der Waals surface area contributed by atoms with Crippen molar-refractivity contribution in [3.8, 4) is 0 Å². The molecule has 1 spiro atoms. The molecule has 3 N–H and O–H groups in total. The number of nitrogens with one attached hydrogen (secondary N) is 2. The first-order chi connectivity index (χ1) is 13.4. The van der Waals surface area contributed by atoms with Gasteiger partial charge in [0.25, 0.3) is 5.91 Å². The number of likely N-dealkylation sites (tertiary alicyclic amines) is 1. The highest BCUT2D eigenvalue weighted by Gasteiger charge is 2.43. The van der Waals surface area contributed by atoms with E-state index in [0.717, 1.165) is 10.4 Å². The molecule has 0 aliphatic carbocycles. The summed E-state index contributed by atoms with van der Waals surface area (Å²) in [5.41, 5.74) is 0.526. The van der Waals surface area contributed by atoms with Gasteiger partial charge < -0.3 is 20.1 Å². The summed E-state index contributed by atoms with van der Waals surface area (Å²) in [6.45, 7) is 1.58. The third kappa shape index (κ3) is 3.37. The summed E-state index contributed by atoms with van der Waals surface area (Å²) >= 11 is 1.27. The molecule has 2 saturated heterocycles. The van der Waals surface area contributed by atoms with Crippen molar-refractivity contribution >= 4 is 35.2 Å². The number of fused-ring (bicyclic) bond motifs is 2. The number of piperidine rings is 1. The van der Waals surface area contributed by atoms with Crippen LogP contribution < -0.4 is 10.6 Å². The Hall–Kier alpha value is -2.46. The lowest BCUT2D eigenvalue weighted by Gasteiger charge is -2.43. The summed E-state index contributed by atoms with van der Waals surface area (Å²) in [5, 5.41) is 13.9. The number of carboxylic acid groups (broad SMARTS) is 1. The van der Waals surface area contributed by atoms with E-state index in [2.05, 4.69) is 10.6 Å². The molecule has 4 amide bonds. The van der Waals surface area contributed by atoms with Crippen LogP contribution in [0.4, 0.5) is 4.79 Å². The lowest BCUT2D eigenvalue weighted by molar-refractivity contribution is -0.140. The molecule has 1 aromatic heterocycles. The number of urea groups is 1. The van der Waals surface area contributed by atoms with Gasteiger partial charge in [0.15, 0.2) is 0 Å². The predicted molar refractivity (Wildman–Crippen MR) is 98.1 cm³/mol. The molecule has 0 saturated carbocycles. The van der Waals surface area contributed by atoms with E-state index in [4.69, 9.17) is 4.74 Å². The molecule has 9 nitrogen and oxygen atoms in total. The second-order valence-corrected chi connectivity index (χ2v) is 8.35. The van der Waals surface area contributed by atoms with E-state index in [1.165, 1.54) is 11.3 Å². The molecule has 28 heavy (non-hydrogen) atoms. The van der Waals surface area contributed by atoms with Crippen molar-refractivity contribution in [3.63, 3.8) is 0 Å². The molecule has 0 bridgehead atoms. The van der Waals surface area contributed by atoms with Crippen LogP contribution in [0.25, 0.3) is 0 Å². The lowest BCUT2D eigenvalue weighted by atomic mass is 9.85. The van der Waals surface area contributed by atoms with E-state index in [-0.39, 0.29) is 18.7 Å². The summed E-state index contributed by atoms with van der Waals surface area (Å²) in [5.74, 6) is -1.38. The van der Waals surface area contributed by atoms with Gasteiger partial charge in [-0.3, -0.25) is 14.9 Å². The average molecular weight is 407 g/mol. The highest BCUT2D eigenvalue weighted by atomic mass is 32.1. The number of hydrogen-bond acceptors (Lipinski definition) is 6. The smallest absolute Gasteiger partial charge is 0.345 e. The SMILES string of the molecule is O=C1NC(=O)[C@H](CCC(=O)N2CCC3(CC2)OCCc2cc(C(=O)O)sc23)N1. The fourth-order valence-electron chi connectivity index (χ4n) is 4.10. The number of carbonyl (C=O) groups is 4. The Labute approximate surface area is 165 Å². The number of carboxylic acids is 1. The number of carbonyl (C=O) groups excluding carboxylic acids is 3. The number of aromatic carboxylic acids is 1. The highest BCUT2D eigenvalue weighted by Crippen LogP contribution is 2.45. The predicted octanol–water partition coefficient (Wildman–Crippen LogP) is 0.825. The molecule has 2 fully saturated rings. The standard InChI is InChI=1S/C18H21N3O6S/c22-13(2-1-11-15(23)20-17(26)19-11)21-6-4-18(5-7-21)14-10(3-8-27-18)9-12(28-14)16(24)25/h9,11H,1-8H2,(H,24,25)(H2,19,20,23,26)/t11-/m0/s1. The molecule has 3 aliphatic rings. The Bertz CT molecular complexity index is 842. The van der Waals surface area contributed by atoms with E-state index in [1.807, 2.05) is 0 Å². The van der Waals surface area contributed by atoms with Crippen molar-refractivity contribution in [3.05, 3.63) is 21.4 Å². The minimum Gasteiger partial charge on any atom is -0.477 e. The molecular formula is C18H21N3O6S. The summed E-state index contributed by atoms with van der Waals surface area (Å²) in [7, 11) is 0. The van der Waals surface area contributed by atoms with Crippen LogP contribution >= 0.6 is 11.3 Å². The monoisotopic (exact) mass is 407 g/mol. The molecule has 0 radical (unpaired) electrons. The van der Waals surface area contributed by atoms with E-state index in [1.54, 1.807) is 11.0 Å². The molecule has 150 valence electrons. The minimum atomic E-state index is -0.926. The topological polar surface area (TPSA) is 125 Å². The Morgan fingerprint density at radius 2 is 2.07 bits per heavy atom. The minimum absolute atomic E-state index is 0.0581. The van der Waals surface area contributed by atoms with Gasteiger partial charge in [0.1, 0.15) is 16.5 Å². The van der Waals surface area contributed by atoms with Crippen molar-refractivity contribution < 1.29 is 29.0 Å². The molecule has 1 aromatic rings. The number of imide groups is 1. The lowest BCUT2D eigenvalue weighted by Crippen LogP contribution is -2.48. The largest absolute Gasteiger partial charge is 0.477 e. The summed E-state index contributed by atoms with van der Waals surface area (Å²) in [6, 6.07) is 0.562. The number of nitrogens with zero attached hydrogens (tertiary/aromatic N) is 1. The zero-order valence-corrected chi connectivity index (χ0v) is 16.0. The Morgan fingerprint density at radius 1 is 1.32 bits per heavy atom. The Morgan fingerprint density at radius 3 is 2.71 bits per heavy atom. The Balaban J connectivity index is 1.37. The fraction of sp³-hybridized carbons (Fsp3) is 0.556. The zero-order valence-electron chi connectivity index (χ0n) is 15.2. The number of thiophene rings is 1. The molecule has 1 atom stereocenters. The molecular weight excluding hydrogens is 386 g/mol. The molecule has 0 aromatic carbocycles. The summed E-state index contributed by atoms with van der Waals surface area (Å²) in [6.07, 6.45) is 2.39. The van der Waals surface area contributed by atoms with Gasteiger partial charge in [-0.25, -0.2) is 9.59 Å². The molecule has 4 rings (SSSR count). The maximum absolute atomic E-state index is 12.5. The van der Waals surface area contributed by atoms with Crippen LogP contribution in [0.3, 0.4) is 0 Å². The number of amides is 4. The van der Waals surface area contributed by atoms with Crippen molar-refractivity contribution in [1.82, 2.24) is 15.5 Å². The first-order valence-electron chi connectivity index (χ1n) is 9.27. The average Bonchev–Trinajstić information content (AvgIpc) is 3.24. The van der Waals surface area contributed by atoms with Gasteiger partial charge >= 0.3 is 12.0 Å². The maximum Gasteiger partial charge on any atom is 0.345 e. The third-order valence-corrected chi connectivity index (χ3v) is 6.96. The van der Waals surface area contributed by atoms with Crippen molar-refractivity contribution in [2.45, 2.75) is 43.7 Å². The number of rotatable bonds is 4. The normalized spacial score (nSPS) is 23.3. The van der Waals surface area contributed by atoms with Gasteiger partial charge in [-0.05, 0) is 37.3 Å². The first kappa shape index (κ1) is 18.9. The zero-order chi connectivity index (χ0) is 19.9. The Kier molecular flexibility index (Phi) is 4.84. The van der Waals surface area contributed by atoms with Gasteiger partial charge in [0.2, 0.25) is 5.91 Å².